The van der Waals surface area contributed by atoms with E-state index in [1.54, 1.807) is 0 Å². The molecule has 26 heavy (non-hydrogen) atoms. The Bertz CT molecular complexity index is 888. The van der Waals surface area contributed by atoms with E-state index >= 15 is 0 Å². The molecule has 0 atom stereocenters. The van der Waals surface area contributed by atoms with Gasteiger partial charge in [0.05, 0.1) is 0 Å². The molecule has 1 heterocycles. The Morgan fingerprint density at radius 2 is 1.58 bits per heavy atom. The van der Waals surface area contributed by atoms with Crippen LogP contribution in [0.4, 0.5) is 8.78 Å². The lowest BCUT2D eigenvalue weighted by Crippen LogP contribution is -2.48. The molecule has 0 bridgehead atoms. The number of halogens is 2. The van der Waals surface area contributed by atoms with Crippen molar-refractivity contribution in [2.75, 3.05) is 26.2 Å². The van der Waals surface area contributed by atoms with Gasteiger partial charge >= 0.3 is 0 Å². The normalized spacial score (nSPS) is 16.8. The fourth-order valence-corrected chi connectivity index (χ4v) is 4.73. The molecule has 1 aliphatic rings. The second-order valence-electron chi connectivity index (χ2n) is 6.66. The zero-order valence-electron chi connectivity index (χ0n) is 14.9. The maximum Gasteiger partial charge on any atom is 0.249 e. The minimum atomic E-state index is -4.18. The van der Waals surface area contributed by atoms with Crippen molar-refractivity contribution in [1.29, 1.82) is 0 Å². The molecule has 0 saturated carbocycles. The second-order valence-corrected chi connectivity index (χ2v) is 8.54. The number of hydrogen-bond acceptors (Lipinski definition) is 3. The van der Waals surface area contributed by atoms with Crippen molar-refractivity contribution in [3.8, 4) is 0 Å². The van der Waals surface area contributed by atoms with E-state index in [0.717, 1.165) is 29.0 Å². The molecule has 3 rings (SSSR count). The van der Waals surface area contributed by atoms with Crippen molar-refractivity contribution >= 4 is 10.0 Å². The zero-order chi connectivity index (χ0) is 18.9. The Hall–Kier alpha value is -1.83. The molecular weight excluding hydrogens is 358 g/mol. The Morgan fingerprint density at radius 3 is 2.19 bits per heavy atom. The Morgan fingerprint density at radius 1 is 0.962 bits per heavy atom. The van der Waals surface area contributed by atoms with Gasteiger partial charge in [-0.3, -0.25) is 4.90 Å². The van der Waals surface area contributed by atoms with E-state index in [1.807, 2.05) is 6.92 Å². The van der Waals surface area contributed by atoms with Crippen LogP contribution in [-0.2, 0) is 16.6 Å². The zero-order valence-corrected chi connectivity index (χ0v) is 15.7. The molecule has 7 heteroatoms. The van der Waals surface area contributed by atoms with Crippen molar-refractivity contribution in [3.05, 3.63) is 64.7 Å². The van der Waals surface area contributed by atoms with Crippen LogP contribution in [0.5, 0.6) is 0 Å². The summed E-state index contributed by atoms with van der Waals surface area (Å²) in [6.07, 6.45) is 0. The van der Waals surface area contributed by atoms with Crippen LogP contribution in [0.1, 0.15) is 16.7 Å². The van der Waals surface area contributed by atoms with Crippen LogP contribution in [-0.4, -0.2) is 43.8 Å². The maximum absolute atomic E-state index is 13.9. The van der Waals surface area contributed by atoms with Crippen LogP contribution in [0.25, 0.3) is 0 Å². The maximum atomic E-state index is 13.9. The number of nitrogens with zero attached hydrogens (tertiary/aromatic N) is 2. The molecule has 0 spiro atoms. The third-order valence-electron chi connectivity index (χ3n) is 4.75. The van der Waals surface area contributed by atoms with Crippen molar-refractivity contribution in [2.45, 2.75) is 25.3 Å². The number of aryl methyl sites for hydroxylation is 2. The van der Waals surface area contributed by atoms with E-state index in [-0.39, 0.29) is 13.1 Å². The summed E-state index contributed by atoms with van der Waals surface area (Å²) in [4.78, 5) is 1.30. The predicted octanol–water partition coefficient (Wildman–Crippen LogP) is 3.09. The highest BCUT2D eigenvalue weighted by molar-refractivity contribution is 7.89. The molecule has 140 valence electrons. The Kier molecular flexibility index (Phi) is 5.41. The monoisotopic (exact) mass is 380 g/mol. The van der Waals surface area contributed by atoms with Gasteiger partial charge in [-0.1, -0.05) is 29.8 Å². The van der Waals surface area contributed by atoms with Crippen LogP contribution >= 0.6 is 0 Å². The number of rotatable bonds is 4. The first-order valence-electron chi connectivity index (χ1n) is 8.51. The second kappa shape index (κ2) is 7.42. The molecule has 2 aromatic carbocycles. The van der Waals surface area contributed by atoms with Crippen molar-refractivity contribution < 1.29 is 17.2 Å². The molecule has 2 aromatic rings. The van der Waals surface area contributed by atoms with Crippen molar-refractivity contribution in [2.24, 2.45) is 0 Å². The van der Waals surface area contributed by atoms with E-state index in [1.165, 1.54) is 16.7 Å². The van der Waals surface area contributed by atoms with Gasteiger partial charge in [-0.05, 0) is 37.1 Å². The molecule has 4 nitrogen and oxygen atoms in total. The van der Waals surface area contributed by atoms with Gasteiger partial charge in [0.2, 0.25) is 10.0 Å². The molecular formula is C19H22F2N2O2S. The summed E-state index contributed by atoms with van der Waals surface area (Å²) in [6, 6.07) is 9.36. The molecule has 1 aliphatic heterocycles. The summed E-state index contributed by atoms with van der Waals surface area (Å²) < 4.78 is 54.2. The molecule has 0 aliphatic carbocycles. The van der Waals surface area contributed by atoms with Gasteiger partial charge in [0.25, 0.3) is 0 Å². The van der Waals surface area contributed by atoms with Gasteiger partial charge in [-0.25, -0.2) is 17.2 Å². The molecule has 0 unspecified atom stereocenters. The fraction of sp³-hybridized carbons (Fsp3) is 0.368. The number of sulfonamides is 1. The smallest absolute Gasteiger partial charge is 0.249 e. The van der Waals surface area contributed by atoms with Gasteiger partial charge in [0, 0.05) is 32.7 Å². The minimum absolute atomic E-state index is 0.209. The van der Waals surface area contributed by atoms with E-state index in [2.05, 4.69) is 30.0 Å². The number of piperazine rings is 1. The third kappa shape index (κ3) is 3.79. The summed E-state index contributed by atoms with van der Waals surface area (Å²) in [5.41, 5.74) is 3.59. The lowest BCUT2D eigenvalue weighted by Gasteiger charge is -2.34. The van der Waals surface area contributed by atoms with Gasteiger partial charge in [0.15, 0.2) is 4.90 Å². The highest BCUT2D eigenvalue weighted by Crippen LogP contribution is 2.24. The number of benzene rings is 2. The highest BCUT2D eigenvalue weighted by Gasteiger charge is 2.33. The molecule has 0 radical (unpaired) electrons. The molecule has 0 amide bonds. The van der Waals surface area contributed by atoms with Crippen molar-refractivity contribution in [1.82, 2.24) is 9.21 Å². The van der Waals surface area contributed by atoms with Gasteiger partial charge in [-0.2, -0.15) is 4.31 Å². The Labute approximate surface area is 153 Å². The summed E-state index contributed by atoms with van der Waals surface area (Å²) in [5, 5.41) is 0. The van der Waals surface area contributed by atoms with Crippen molar-refractivity contribution in [3.63, 3.8) is 0 Å². The van der Waals surface area contributed by atoms with Gasteiger partial charge in [0.1, 0.15) is 11.6 Å². The van der Waals surface area contributed by atoms with Gasteiger partial charge < -0.3 is 0 Å². The van der Waals surface area contributed by atoms with E-state index in [0.29, 0.717) is 13.1 Å². The van der Waals surface area contributed by atoms with Crippen LogP contribution in [0.15, 0.2) is 41.3 Å². The summed E-state index contributed by atoms with van der Waals surface area (Å²) >= 11 is 0. The van der Waals surface area contributed by atoms with Gasteiger partial charge in [-0.15, -0.1) is 0 Å². The topological polar surface area (TPSA) is 40.6 Å². The summed E-state index contributed by atoms with van der Waals surface area (Å²) in [6.45, 7) is 6.27. The molecule has 1 saturated heterocycles. The van der Waals surface area contributed by atoms with Crippen LogP contribution in [0, 0.1) is 25.5 Å². The lowest BCUT2D eigenvalue weighted by atomic mass is 10.1. The van der Waals surface area contributed by atoms with E-state index in [9.17, 15) is 17.2 Å². The Balaban J connectivity index is 1.71. The van der Waals surface area contributed by atoms with Crippen LogP contribution in [0.2, 0.25) is 0 Å². The van der Waals surface area contributed by atoms with E-state index < -0.39 is 26.6 Å². The highest BCUT2D eigenvalue weighted by atomic mass is 32.2. The average Bonchev–Trinajstić information content (AvgIpc) is 2.58. The minimum Gasteiger partial charge on any atom is -0.296 e. The quantitative estimate of drug-likeness (QED) is 0.819. The molecule has 1 fully saturated rings. The van der Waals surface area contributed by atoms with Crippen LogP contribution < -0.4 is 0 Å². The summed E-state index contributed by atoms with van der Waals surface area (Å²) in [7, 11) is -4.18. The lowest BCUT2D eigenvalue weighted by molar-refractivity contribution is 0.181. The third-order valence-corrected chi connectivity index (χ3v) is 6.70. The van der Waals surface area contributed by atoms with Crippen LogP contribution in [0.3, 0.4) is 0 Å². The fourth-order valence-electron chi connectivity index (χ4n) is 3.20. The summed E-state index contributed by atoms with van der Waals surface area (Å²) in [5.74, 6) is -2.11. The molecule has 0 aromatic heterocycles. The first kappa shape index (κ1) is 18.9. The largest absolute Gasteiger partial charge is 0.296 e. The first-order valence-corrected chi connectivity index (χ1v) is 9.95. The first-order chi connectivity index (χ1) is 12.3. The predicted molar refractivity (Wildman–Crippen MR) is 96.3 cm³/mol. The molecule has 0 N–H and O–H groups in total. The number of hydrogen-bond donors (Lipinski definition) is 0. The average molecular weight is 380 g/mol. The standard InChI is InChI=1S/C19H22F2N2O2S/c1-14-6-7-15(2)16(12-14)13-22-8-10-23(11-9-22)26(24,25)19-17(20)4-3-5-18(19)21/h3-7,12H,8-11,13H2,1-2H3. The SMILES string of the molecule is Cc1ccc(C)c(CN2CCN(S(=O)(=O)c3c(F)cccc3F)CC2)c1. The van der Waals surface area contributed by atoms with E-state index in [4.69, 9.17) is 0 Å².